The maximum atomic E-state index is 12.4. The molecule has 1 heterocycles. The van der Waals surface area contributed by atoms with Gasteiger partial charge in [-0.2, -0.15) is 0 Å². The molecule has 1 atom stereocenters. The number of nitrogens with one attached hydrogen (secondary N) is 1. The summed E-state index contributed by atoms with van der Waals surface area (Å²) in [7, 11) is 0. The minimum atomic E-state index is -0.252. The van der Waals surface area contributed by atoms with Crippen LogP contribution in [0.5, 0.6) is 0 Å². The first-order valence-electron chi connectivity index (χ1n) is 9.56. The number of benzene rings is 2. The third-order valence-electron chi connectivity index (χ3n) is 4.62. The molecular weight excluding hydrogens is 342 g/mol. The molecule has 1 aliphatic rings. The maximum Gasteiger partial charge on any atom is 0.310 e. The van der Waals surface area contributed by atoms with E-state index in [1.807, 2.05) is 60.7 Å². The van der Waals surface area contributed by atoms with Gasteiger partial charge in [0.25, 0.3) is 0 Å². The summed E-state index contributed by atoms with van der Waals surface area (Å²) in [6.45, 7) is 5.05. The molecule has 2 aromatic rings. The highest BCUT2D eigenvalue weighted by atomic mass is 16.6. The van der Waals surface area contributed by atoms with Crippen LogP contribution in [0.4, 0.5) is 0 Å². The van der Waals surface area contributed by atoms with E-state index < -0.39 is 0 Å². The minimum Gasteiger partial charge on any atom is -0.454 e. The summed E-state index contributed by atoms with van der Waals surface area (Å²) in [5.74, 6) is -0.206. The second-order valence-electron chi connectivity index (χ2n) is 6.84. The lowest BCUT2D eigenvalue weighted by atomic mass is 10.1. The molecule has 5 nitrogen and oxygen atoms in total. The fourth-order valence-corrected chi connectivity index (χ4v) is 3.19. The van der Waals surface area contributed by atoms with Gasteiger partial charge in [-0.15, -0.1) is 0 Å². The van der Waals surface area contributed by atoms with Gasteiger partial charge in [-0.25, -0.2) is 0 Å². The number of carbonyl (C=O) groups is 1. The Hall–Kier alpha value is -2.21. The maximum absolute atomic E-state index is 12.4. The molecule has 0 aromatic heterocycles. The molecule has 2 aromatic carbocycles. The zero-order valence-electron chi connectivity index (χ0n) is 15.6. The average molecular weight is 370 g/mol. The minimum absolute atomic E-state index is 0.206. The van der Waals surface area contributed by atoms with Crippen LogP contribution in [0.25, 0.3) is 0 Å². The van der Waals surface area contributed by atoms with Gasteiger partial charge >= 0.3 is 5.97 Å². The fraction of sp³-hybridized carbons (Fsp3) is 0.409. The highest BCUT2D eigenvalue weighted by Crippen LogP contribution is 2.05. The number of hydrogen-bond acceptors (Lipinski definition) is 4. The molecule has 1 aliphatic heterocycles. The zero-order chi connectivity index (χ0) is 18.7. The fourth-order valence-electron chi connectivity index (χ4n) is 3.19. The van der Waals surface area contributed by atoms with Crippen molar-refractivity contribution < 1.29 is 23.9 Å². The van der Waals surface area contributed by atoms with Gasteiger partial charge in [0, 0.05) is 0 Å². The predicted molar refractivity (Wildman–Crippen MR) is 103 cm³/mol. The van der Waals surface area contributed by atoms with Crippen LogP contribution in [0.15, 0.2) is 60.7 Å². The molecule has 27 heavy (non-hydrogen) atoms. The molecule has 0 spiro atoms. The summed E-state index contributed by atoms with van der Waals surface area (Å²) in [5.41, 5.74) is 2.08. The summed E-state index contributed by atoms with van der Waals surface area (Å²) < 4.78 is 17.0. The van der Waals surface area contributed by atoms with Crippen molar-refractivity contribution in [3.05, 3.63) is 71.8 Å². The first-order valence-corrected chi connectivity index (χ1v) is 9.56. The van der Waals surface area contributed by atoms with Gasteiger partial charge in [-0.1, -0.05) is 60.7 Å². The number of rotatable bonds is 9. The third kappa shape index (κ3) is 7.13. The number of quaternary nitrogens is 1. The normalized spacial score (nSPS) is 16.0. The van der Waals surface area contributed by atoms with Crippen molar-refractivity contribution in [2.45, 2.75) is 19.1 Å². The van der Waals surface area contributed by atoms with E-state index in [0.29, 0.717) is 13.2 Å². The molecule has 3 rings (SSSR count). The third-order valence-corrected chi connectivity index (χ3v) is 4.62. The first-order chi connectivity index (χ1) is 13.3. The van der Waals surface area contributed by atoms with E-state index in [9.17, 15) is 4.79 Å². The quantitative estimate of drug-likeness (QED) is 0.676. The van der Waals surface area contributed by atoms with E-state index in [0.717, 1.165) is 44.0 Å². The average Bonchev–Trinajstić information content (AvgIpc) is 2.70. The van der Waals surface area contributed by atoms with E-state index >= 15 is 0 Å². The van der Waals surface area contributed by atoms with Gasteiger partial charge < -0.3 is 19.1 Å². The van der Waals surface area contributed by atoms with Crippen LogP contribution in [0.1, 0.15) is 11.1 Å². The number of morpholine rings is 1. The number of carbonyl (C=O) groups excluding carboxylic acids is 1. The Morgan fingerprint density at radius 1 is 0.963 bits per heavy atom. The predicted octanol–water partition coefficient (Wildman–Crippen LogP) is 1.27. The van der Waals surface area contributed by atoms with E-state index in [4.69, 9.17) is 14.2 Å². The van der Waals surface area contributed by atoms with Gasteiger partial charge in [0.1, 0.15) is 19.6 Å². The molecule has 144 valence electrons. The lowest BCUT2D eigenvalue weighted by Crippen LogP contribution is -3.15. The van der Waals surface area contributed by atoms with Crippen molar-refractivity contribution in [2.24, 2.45) is 0 Å². The van der Waals surface area contributed by atoms with Crippen molar-refractivity contribution in [1.82, 2.24) is 0 Å². The lowest BCUT2D eigenvalue weighted by Gasteiger charge is -2.27. The van der Waals surface area contributed by atoms with Crippen molar-refractivity contribution in [1.29, 1.82) is 0 Å². The van der Waals surface area contributed by atoms with E-state index in [1.54, 1.807) is 0 Å². The molecule has 5 heteroatoms. The Morgan fingerprint density at radius 3 is 2.26 bits per heavy atom. The molecule has 0 aliphatic carbocycles. The zero-order valence-corrected chi connectivity index (χ0v) is 15.6. The van der Waals surface area contributed by atoms with E-state index in [-0.39, 0.29) is 18.5 Å². The van der Waals surface area contributed by atoms with Crippen LogP contribution in [0, 0.1) is 0 Å². The van der Waals surface area contributed by atoms with Gasteiger partial charge in [-0.3, -0.25) is 4.79 Å². The highest BCUT2D eigenvalue weighted by molar-refractivity contribution is 5.72. The van der Waals surface area contributed by atoms with Crippen LogP contribution in [0.2, 0.25) is 0 Å². The van der Waals surface area contributed by atoms with Crippen LogP contribution >= 0.6 is 0 Å². The molecule has 0 amide bonds. The Kier molecular flexibility index (Phi) is 7.84. The molecule has 0 radical (unpaired) electrons. The second-order valence-corrected chi connectivity index (χ2v) is 6.84. The SMILES string of the molecule is O=C(Cc1ccccc1)O[C@H](COCc1ccccc1)C[NH+]1CCOCC1. The Bertz CT molecular complexity index is 671. The van der Waals surface area contributed by atoms with Crippen LogP contribution in [0.3, 0.4) is 0 Å². The van der Waals surface area contributed by atoms with Gasteiger partial charge in [0.2, 0.25) is 0 Å². The number of esters is 1. The molecular formula is C22H28NO4+. The smallest absolute Gasteiger partial charge is 0.310 e. The highest BCUT2D eigenvalue weighted by Gasteiger charge is 2.23. The summed E-state index contributed by atoms with van der Waals surface area (Å²) >= 11 is 0. The molecule has 1 fully saturated rings. The van der Waals surface area contributed by atoms with Gasteiger partial charge in [0.15, 0.2) is 6.10 Å². The molecule has 1 saturated heterocycles. The van der Waals surface area contributed by atoms with Crippen LogP contribution < -0.4 is 4.90 Å². The summed E-state index contributed by atoms with van der Waals surface area (Å²) in [5, 5.41) is 0. The second kappa shape index (κ2) is 10.8. The first kappa shape index (κ1) is 19.5. The number of hydrogen-bond donors (Lipinski definition) is 1. The van der Waals surface area contributed by atoms with Crippen molar-refractivity contribution in [3.63, 3.8) is 0 Å². The molecule has 0 saturated carbocycles. The summed E-state index contributed by atoms with van der Waals surface area (Å²) in [6.07, 6.45) is 0.0344. The Labute approximate surface area is 160 Å². The number of ether oxygens (including phenoxy) is 3. The largest absolute Gasteiger partial charge is 0.454 e. The Balaban J connectivity index is 1.52. The van der Waals surface area contributed by atoms with E-state index in [2.05, 4.69) is 0 Å². The molecule has 0 unspecified atom stereocenters. The summed E-state index contributed by atoms with van der Waals surface area (Å²) in [6, 6.07) is 19.7. The van der Waals surface area contributed by atoms with Gasteiger partial charge in [0.05, 0.1) is 32.8 Å². The van der Waals surface area contributed by atoms with Crippen LogP contribution in [-0.2, 0) is 32.0 Å². The molecule has 1 N–H and O–H groups in total. The topological polar surface area (TPSA) is 49.2 Å². The lowest BCUT2D eigenvalue weighted by molar-refractivity contribution is -0.910. The Morgan fingerprint density at radius 2 is 1.59 bits per heavy atom. The summed E-state index contributed by atoms with van der Waals surface area (Å²) in [4.78, 5) is 13.8. The van der Waals surface area contributed by atoms with Crippen molar-refractivity contribution in [2.75, 3.05) is 39.5 Å². The molecule has 0 bridgehead atoms. The van der Waals surface area contributed by atoms with Gasteiger partial charge in [-0.05, 0) is 11.1 Å². The van der Waals surface area contributed by atoms with Crippen molar-refractivity contribution in [3.8, 4) is 0 Å². The standard InChI is InChI=1S/C22H27NO4/c24-22(15-19-7-3-1-4-8-19)27-21(16-23-11-13-25-14-12-23)18-26-17-20-9-5-2-6-10-20/h1-10,21H,11-18H2/p+1/t21-/m0/s1. The van der Waals surface area contributed by atoms with Crippen LogP contribution in [-0.4, -0.2) is 51.5 Å². The van der Waals surface area contributed by atoms with Crippen molar-refractivity contribution >= 4 is 5.97 Å². The monoisotopic (exact) mass is 370 g/mol. The van der Waals surface area contributed by atoms with E-state index in [1.165, 1.54) is 4.90 Å².